The van der Waals surface area contributed by atoms with E-state index in [1.165, 1.54) is 0 Å². The fourth-order valence-corrected chi connectivity index (χ4v) is 1.71. The number of benzene rings is 1. The molecule has 1 fully saturated rings. The van der Waals surface area contributed by atoms with E-state index in [1.54, 1.807) is 0 Å². The standard InChI is InChI=1S/C10H11BClNO/c11-9-2-1-8(7-10(9)12)13-3-5-14-6-4-13/h1-2,7H,3-6H2. The predicted octanol–water partition coefficient (Wildman–Crippen LogP) is 0.970. The van der Waals surface area contributed by atoms with Crippen molar-refractivity contribution in [2.75, 3.05) is 31.2 Å². The number of halogens is 1. The van der Waals surface area contributed by atoms with Crippen molar-refractivity contribution < 1.29 is 4.74 Å². The van der Waals surface area contributed by atoms with Gasteiger partial charge in [0.05, 0.1) is 13.2 Å². The molecule has 0 aromatic heterocycles. The number of anilines is 1. The minimum Gasteiger partial charge on any atom is -0.378 e. The maximum Gasteiger partial charge on any atom is 0.115 e. The fourth-order valence-electron chi connectivity index (χ4n) is 1.53. The summed E-state index contributed by atoms with van der Waals surface area (Å²) in [6.45, 7) is 3.39. The average molecular weight is 207 g/mol. The minimum absolute atomic E-state index is 0.619. The summed E-state index contributed by atoms with van der Waals surface area (Å²) in [5, 5.41) is 0.619. The van der Waals surface area contributed by atoms with Crippen molar-refractivity contribution in [3.8, 4) is 0 Å². The first-order valence-corrected chi connectivity index (χ1v) is 5.03. The van der Waals surface area contributed by atoms with Crippen molar-refractivity contribution in [1.82, 2.24) is 0 Å². The van der Waals surface area contributed by atoms with Crippen LogP contribution >= 0.6 is 11.6 Å². The first-order chi connectivity index (χ1) is 6.77. The first-order valence-electron chi connectivity index (χ1n) is 4.65. The fraction of sp³-hybridized carbons (Fsp3) is 0.400. The van der Waals surface area contributed by atoms with Crippen LogP contribution in [0.2, 0.25) is 5.02 Å². The highest BCUT2D eigenvalue weighted by molar-refractivity contribution is 6.45. The molecule has 1 aromatic carbocycles. The molecule has 72 valence electrons. The van der Waals surface area contributed by atoms with Gasteiger partial charge in [0.15, 0.2) is 0 Å². The van der Waals surface area contributed by atoms with Crippen LogP contribution in [0.15, 0.2) is 18.2 Å². The van der Waals surface area contributed by atoms with E-state index in [9.17, 15) is 0 Å². The zero-order valence-corrected chi connectivity index (χ0v) is 8.63. The van der Waals surface area contributed by atoms with E-state index in [0.29, 0.717) is 10.5 Å². The van der Waals surface area contributed by atoms with Crippen LogP contribution in [0.3, 0.4) is 0 Å². The van der Waals surface area contributed by atoms with Gasteiger partial charge in [0.2, 0.25) is 0 Å². The van der Waals surface area contributed by atoms with Gasteiger partial charge in [-0.25, -0.2) is 0 Å². The molecular formula is C10H11BClNO. The quantitative estimate of drug-likeness (QED) is 0.637. The van der Waals surface area contributed by atoms with E-state index in [0.717, 1.165) is 32.0 Å². The largest absolute Gasteiger partial charge is 0.378 e. The molecule has 1 saturated heterocycles. The van der Waals surface area contributed by atoms with Crippen LogP contribution in [0.4, 0.5) is 5.69 Å². The number of nitrogens with zero attached hydrogens (tertiary/aromatic N) is 1. The van der Waals surface area contributed by atoms with Gasteiger partial charge in [0.25, 0.3) is 0 Å². The lowest BCUT2D eigenvalue weighted by atomic mass is 9.96. The molecule has 1 aromatic rings. The van der Waals surface area contributed by atoms with Crippen LogP contribution in [0.1, 0.15) is 0 Å². The summed E-state index contributed by atoms with van der Waals surface area (Å²) in [6.07, 6.45) is 0. The van der Waals surface area contributed by atoms with Crippen molar-refractivity contribution in [2.24, 2.45) is 0 Å². The third-order valence-electron chi connectivity index (χ3n) is 2.36. The second-order valence-electron chi connectivity index (χ2n) is 3.31. The van der Waals surface area contributed by atoms with Gasteiger partial charge < -0.3 is 9.64 Å². The second kappa shape index (κ2) is 4.24. The Morgan fingerprint density at radius 2 is 2.00 bits per heavy atom. The molecular weight excluding hydrogens is 196 g/mol. The van der Waals surface area contributed by atoms with Crippen LogP contribution in [0, 0.1) is 0 Å². The summed E-state index contributed by atoms with van der Waals surface area (Å²) in [6, 6.07) is 5.74. The lowest BCUT2D eigenvalue weighted by molar-refractivity contribution is 0.122. The molecule has 0 bridgehead atoms. The van der Waals surface area contributed by atoms with Crippen molar-refractivity contribution in [2.45, 2.75) is 0 Å². The van der Waals surface area contributed by atoms with Crippen molar-refractivity contribution >= 4 is 30.6 Å². The lowest BCUT2D eigenvalue weighted by Crippen LogP contribution is -2.36. The molecule has 0 aliphatic carbocycles. The summed E-state index contributed by atoms with van der Waals surface area (Å²) in [4.78, 5) is 2.24. The third-order valence-corrected chi connectivity index (χ3v) is 2.69. The van der Waals surface area contributed by atoms with Crippen molar-refractivity contribution in [1.29, 1.82) is 0 Å². The molecule has 0 atom stereocenters. The maximum atomic E-state index is 5.95. The summed E-state index contributed by atoms with van der Waals surface area (Å²) >= 11 is 5.95. The van der Waals surface area contributed by atoms with Crippen LogP contribution < -0.4 is 10.4 Å². The molecule has 1 heterocycles. The Morgan fingerprint density at radius 1 is 1.29 bits per heavy atom. The Bertz CT molecular complexity index is 326. The second-order valence-corrected chi connectivity index (χ2v) is 3.71. The van der Waals surface area contributed by atoms with Gasteiger partial charge in [-0.2, -0.15) is 0 Å². The predicted molar refractivity (Wildman–Crippen MR) is 59.9 cm³/mol. The molecule has 1 aliphatic heterocycles. The lowest BCUT2D eigenvalue weighted by Gasteiger charge is -2.29. The Morgan fingerprint density at radius 3 is 2.64 bits per heavy atom. The number of hydrogen-bond donors (Lipinski definition) is 0. The van der Waals surface area contributed by atoms with Crippen molar-refractivity contribution in [3.05, 3.63) is 23.2 Å². The molecule has 0 spiro atoms. The van der Waals surface area contributed by atoms with E-state index in [1.807, 2.05) is 18.2 Å². The minimum atomic E-state index is 0.619. The Labute approximate surface area is 90.2 Å². The van der Waals surface area contributed by atoms with E-state index in [4.69, 9.17) is 24.2 Å². The molecule has 0 N–H and O–H groups in total. The van der Waals surface area contributed by atoms with E-state index in [2.05, 4.69) is 4.90 Å². The number of morpholine rings is 1. The SMILES string of the molecule is [B]c1ccc(N2CCOCC2)cc1Cl. The van der Waals surface area contributed by atoms with Crippen LogP contribution in [0.25, 0.3) is 0 Å². The van der Waals surface area contributed by atoms with Gasteiger partial charge in [-0.3, -0.25) is 0 Å². The summed E-state index contributed by atoms with van der Waals surface area (Å²) in [5.41, 5.74) is 1.75. The van der Waals surface area contributed by atoms with Gasteiger partial charge in [0.1, 0.15) is 7.85 Å². The molecule has 0 saturated carbocycles. The topological polar surface area (TPSA) is 12.5 Å². The van der Waals surface area contributed by atoms with Gasteiger partial charge in [-0.05, 0) is 12.1 Å². The Kier molecular flexibility index (Phi) is 2.99. The molecule has 2 radical (unpaired) electrons. The highest BCUT2D eigenvalue weighted by atomic mass is 35.5. The van der Waals surface area contributed by atoms with Gasteiger partial charge in [-0.15, -0.1) is 0 Å². The van der Waals surface area contributed by atoms with E-state index < -0.39 is 0 Å². The molecule has 0 unspecified atom stereocenters. The third kappa shape index (κ3) is 2.04. The molecule has 14 heavy (non-hydrogen) atoms. The van der Waals surface area contributed by atoms with Crippen LogP contribution in [0.5, 0.6) is 0 Å². The van der Waals surface area contributed by atoms with Gasteiger partial charge in [0, 0.05) is 23.8 Å². The first kappa shape index (κ1) is 9.87. The Balaban J connectivity index is 2.18. The number of rotatable bonds is 1. The number of hydrogen-bond acceptors (Lipinski definition) is 2. The molecule has 1 aliphatic rings. The highest BCUT2D eigenvalue weighted by Gasteiger charge is 2.11. The van der Waals surface area contributed by atoms with Crippen molar-refractivity contribution in [3.63, 3.8) is 0 Å². The normalized spacial score (nSPS) is 17.1. The van der Waals surface area contributed by atoms with E-state index >= 15 is 0 Å². The summed E-state index contributed by atoms with van der Waals surface area (Å²) < 4.78 is 5.28. The summed E-state index contributed by atoms with van der Waals surface area (Å²) in [7, 11) is 5.64. The molecule has 2 rings (SSSR count). The number of ether oxygens (including phenoxy) is 1. The molecule has 0 amide bonds. The zero-order valence-electron chi connectivity index (χ0n) is 7.87. The molecule has 2 nitrogen and oxygen atoms in total. The smallest absolute Gasteiger partial charge is 0.115 e. The van der Waals surface area contributed by atoms with Gasteiger partial charge >= 0.3 is 0 Å². The monoisotopic (exact) mass is 207 g/mol. The van der Waals surface area contributed by atoms with Crippen LogP contribution in [-0.2, 0) is 4.74 Å². The maximum absolute atomic E-state index is 5.95. The van der Waals surface area contributed by atoms with E-state index in [-0.39, 0.29) is 0 Å². The summed E-state index contributed by atoms with van der Waals surface area (Å²) in [5.74, 6) is 0. The van der Waals surface area contributed by atoms with Crippen LogP contribution in [-0.4, -0.2) is 34.1 Å². The molecule has 4 heteroatoms. The average Bonchev–Trinajstić information content (AvgIpc) is 2.23. The zero-order chi connectivity index (χ0) is 9.97. The highest BCUT2D eigenvalue weighted by Crippen LogP contribution is 2.18. The Hall–Kier alpha value is -0.665. The van der Waals surface area contributed by atoms with Gasteiger partial charge in [-0.1, -0.05) is 23.1 Å².